The van der Waals surface area contributed by atoms with Gasteiger partial charge in [0.25, 0.3) is 5.91 Å². The highest BCUT2D eigenvalue weighted by Gasteiger charge is 2.31. The van der Waals surface area contributed by atoms with Crippen LogP contribution in [-0.4, -0.2) is 48.0 Å². The molecule has 1 fully saturated rings. The van der Waals surface area contributed by atoms with Crippen LogP contribution in [0.25, 0.3) is 6.08 Å². The van der Waals surface area contributed by atoms with Crippen LogP contribution < -0.4 is 9.47 Å². The summed E-state index contributed by atoms with van der Waals surface area (Å²) in [5, 5.41) is 0. The molecule has 0 aliphatic carbocycles. The zero-order chi connectivity index (χ0) is 17.8. The molecule has 2 heterocycles. The minimum absolute atomic E-state index is 0.144. The average Bonchev–Trinajstić information content (AvgIpc) is 2.88. The summed E-state index contributed by atoms with van der Waals surface area (Å²) in [6.45, 7) is 1.45. The third-order valence-corrected chi connectivity index (χ3v) is 5.11. The van der Waals surface area contributed by atoms with E-state index in [4.69, 9.17) is 21.7 Å². The quantitative estimate of drug-likeness (QED) is 0.443. The van der Waals surface area contributed by atoms with Gasteiger partial charge in [0, 0.05) is 13.0 Å². The Morgan fingerprint density at radius 3 is 2.88 bits per heavy atom. The molecule has 0 bridgehead atoms. The number of hydrogen-bond donors (Lipinski definition) is 0. The van der Waals surface area contributed by atoms with Crippen LogP contribution in [0.1, 0.15) is 18.4 Å². The lowest BCUT2D eigenvalue weighted by Crippen LogP contribution is -2.29. The van der Waals surface area contributed by atoms with Crippen molar-refractivity contribution in [2.24, 2.45) is 0 Å². The lowest BCUT2D eigenvalue weighted by Gasteiger charge is -2.18. The van der Waals surface area contributed by atoms with E-state index in [2.05, 4.69) is 4.74 Å². The normalized spacial score (nSPS) is 18.0. The van der Waals surface area contributed by atoms with E-state index in [1.807, 2.05) is 18.2 Å². The van der Waals surface area contributed by atoms with E-state index in [0.717, 1.165) is 5.56 Å². The number of benzene rings is 1. The summed E-state index contributed by atoms with van der Waals surface area (Å²) < 4.78 is 16.1. The van der Waals surface area contributed by atoms with Gasteiger partial charge >= 0.3 is 5.97 Å². The monoisotopic (exact) mass is 379 g/mol. The van der Waals surface area contributed by atoms with Gasteiger partial charge in [-0.1, -0.05) is 30.0 Å². The molecule has 0 unspecified atom stereocenters. The number of thiocarbonyl (C=S) groups is 1. The molecule has 1 aromatic carbocycles. The van der Waals surface area contributed by atoms with Crippen molar-refractivity contribution in [2.45, 2.75) is 12.8 Å². The maximum absolute atomic E-state index is 12.5. The van der Waals surface area contributed by atoms with Gasteiger partial charge in [0.15, 0.2) is 11.5 Å². The number of carbonyl (C=O) groups is 2. The second kappa shape index (κ2) is 7.88. The summed E-state index contributed by atoms with van der Waals surface area (Å²) in [6, 6.07) is 5.55. The van der Waals surface area contributed by atoms with E-state index in [1.54, 1.807) is 6.08 Å². The van der Waals surface area contributed by atoms with E-state index in [9.17, 15) is 9.59 Å². The van der Waals surface area contributed by atoms with Crippen molar-refractivity contribution in [2.75, 3.05) is 26.9 Å². The number of ether oxygens (including phenoxy) is 3. The molecule has 0 N–H and O–H groups in total. The Balaban J connectivity index is 1.68. The van der Waals surface area contributed by atoms with E-state index in [1.165, 1.54) is 23.8 Å². The maximum Gasteiger partial charge on any atom is 0.305 e. The number of methoxy groups -OCH3 is 1. The first-order valence-electron chi connectivity index (χ1n) is 7.80. The van der Waals surface area contributed by atoms with Crippen molar-refractivity contribution in [3.8, 4) is 11.5 Å². The number of thioether (sulfide) groups is 1. The zero-order valence-corrected chi connectivity index (χ0v) is 15.3. The summed E-state index contributed by atoms with van der Waals surface area (Å²) in [5.74, 6) is 0.944. The fourth-order valence-electron chi connectivity index (χ4n) is 2.48. The highest BCUT2D eigenvalue weighted by molar-refractivity contribution is 8.26. The molecule has 25 heavy (non-hydrogen) atoms. The number of rotatable bonds is 5. The number of carbonyl (C=O) groups excluding carboxylic acids is 2. The van der Waals surface area contributed by atoms with Gasteiger partial charge in [-0.2, -0.15) is 0 Å². The second-order valence-electron chi connectivity index (χ2n) is 5.42. The van der Waals surface area contributed by atoms with Crippen molar-refractivity contribution in [3.05, 3.63) is 28.7 Å². The van der Waals surface area contributed by atoms with E-state index in [-0.39, 0.29) is 18.3 Å². The van der Waals surface area contributed by atoms with Gasteiger partial charge in [-0.05, 0) is 30.2 Å². The fourth-order valence-corrected chi connectivity index (χ4v) is 3.79. The number of nitrogens with zero attached hydrogens (tertiary/aromatic N) is 1. The lowest BCUT2D eigenvalue weighted by atomic mass is 10.1. The summed E-state index contributed by atoms with van der Waals surface area (Å²) in [7, 11) is 1.35. The molecular weight excluding hydrogens is 362 g/mol. The van der Waals surface area contributed by atoms with Gasteiger partial charge in [0.1, 0.15) is 17.5 Å². The molecule has 1 saturated heterocycles. The van der Waals surface area contributed by atoms with Crippen LogP contribution >= 0.6 is 24.0 Å². The van der Waals surface area contributed by atoms with Crippen LogP contribution in [0.4, 0.5) is 0 Å². The third-order valence-electron chi connectivity index (χ3n) is 3.73. The number of amides is 1. The maximum atomic E-state index is 12.5. The molecule has 3 rings (SSSR count). The molecule has 2 aliphatic heterocycles. The highest BCUT2D eigenvalue weighted by atomic mass is 32.2. The van der Waals surface area contributed by atoms with Gasteiger partial charge in [-0.15, -0.1) is 0 Å². The lowest BCUT2D eigenvalue weighted by molar-refractivity contribution is -0.141. The van der Waals surface area contributed by atoms with Gasteiger partial charge < -0.3 is 14.2 Å². The Hall–Kier alpha value is -2.06. The molecule has 0 radical (unpaired) electrons. The van der Waals surface area contributed by atoms with Gasteiger partial charge in [0.2, 0.25) is 0 Å². The topological polar surface area (TPSA) is 65.1 Å². The van der Waals surface area contributed by atoms with Crippen molar-refractivity contribution in [3.63, 3.8) is 0 Å². The molecule has 0 spiro atoms. The molecule has 0 aromatic heterocycles. The van der Waals surface area contributed by atoms with Crippen molar-refractivity contribution in [1.82, 2.24) is 4.90 Å². The largest absolute Gasteiger partial charge is 0.486 e. The molecule has 0 atom stereocenters. The Labute approximate surface area is 155 Å². The molecular formula is C17H17NO5S2. The first-order chi connectivity index (χ1) is 12.1. The summed E-state index contributed by atoms with van der Waals surface area (Å²) in [5.41, 5.74) is 0.847. The minimum Gasteiger partial charge on any atom is -0.486 e. The Morgan fingerprint density at radius 1 is 1.36 bits per heavy atom. The second-order valence-corrected chi connectivity index (χ2v) is 7.09. The molecule has 2 aliphatic rings. The van der Waals surface area contributed by atoms with Crippen LogP contribution in [0, 0.1) is 0 Å². The molecule has 1 amide bonds. The SMILES string of the molecule is COC(=O)CCCN1C(=O)/C(=C/c2ccc3c(c2)OCCO3)SC1=S. The summed E-state index contributed by atoms with van der Waals surface area (Å²) in [6.07, 6.45) is 2.56. The van der Waals surface area contributed by atoms with Gasteiger partial charge in [0.05, 0.1) is 12.0 Å². The fraction of sp³-hybridized carbons (Fsp3) is 0.353. The minimum atomic E-state index is -0.294. The van der Waals surface area contributed by atoms with Crippen LogP contribution in [0.2, 0.25) is 0 Å². The smallest absolute Gasteiger partial charge is 0.305 e. The highest BCUT2D eigenvalue weighted by Crippen LogP contribution is 2.35. The molecule has 1 aromatic rings. The van der Waals surface area contributed by atoms with Crippen LogP contribution in [0.3, 0.4) is 0 Å². The Kier molecular flexibility index (Phi) is 5.60. The first-order valence-corrected chi connectivity index (χ1v) is 9.03. The molecule has 0 saturated carbocycles. The predicted molar refractivity (Wildman–Crippen MR) is 98.6 cm³/mol. The van der Waals surface area contributed by atoms with Gasteiger partial charge in [-0.25, -0.2) is 0 Å². The average molecular weight is 379 g/mol. The standard InChI is InChI=1S/C17H17NO5S2/c1-21-15(19)3-2-6-18-16(20)14(25-17(18)24)10-11-4-5-12-13(9-11)23-8-7-22-12/h4-5,9-10H,2-3,6-8H2,1H3/b14-10-. The van der Waals surface area contributed by atoms with Crippen molar-refractivity contribution < 1.29 is 23.8 Å². The van der Waals surface area contributed by atoms with E-state index >= 15 is 0 Å². The number of esters is 1. The molecule has 8 heteroatoms. The van der Waals surface area contributed by atoms with E-state index < -0.39 is 0 Å². The summed E-state index contributed by atoms with van der Waals surface area (Å²) >= 11 is 6.54. The Morgan fingerprint density at radius 2 is 2.12 bits per heavy atom. The van der Waals surface area contributed by atoms with Crippen molar-refractivity contribution in [1.29, 1.82) is 0 Å². The Bertz CT molecular complexity index is 747. The molecule has 132 valence electrons. The van der Waals surface area contributed by atoms with Crippen LogP contribution in [0.5, 0.6) is 11.5 Å². The third kappa shape index (κ3) is 4.13. The number of hydrogen-bond acceptors (Lipinski definition) is 7. The summed E-state index contributed by atoms with van der Waals surface area (Å²) in [4.78, 5) is 25.8. The van der Waals surface area contributed by atoms with Crippen LogP contribution in [-0.2, 0) is 14.3 Å². The molecule has 6 nitrogen and oxygen atoms in total. The van der Waals surface area contributed by atoms with Crippen LogP contribution in [0.15, 0.2) is 23.1 Å². The first kappa shape index (κ1) is 17.8. The van der Waals surface area contributed by atoms with Crippen molar-refractivity contribution >= 4 is 46.3 Å². The number of fused-ring (bicyclic) bond motifs is 1. The van der Waals surface area contributed by atoms with Gasteiger partial charge in [-0.3, -0.25) is 14.5 Å². The van der Waals surface area contributed by atoms with E-state index in [0.29, 0.717) is 46.9 Å². The predicted octanol–water partition coefficient (Wildman–Crippen LogP) is 2.61. The zero-order valence-electron chi connectivity index (χ0n) is 13.6.